The maximum Gasteiger partial charge on any atom is 0.227 e. The molecule has 1 aliphatic carbocycles. The molecule has 45 heavy (non-hydrogen) atoms. The van der Waals surface area contributed by atoms with E-state index in [4.69, 9.17) is 20.4 Å². The summed E-state index contributed by atoms with van der Waals surface area (Å²) in [5.41, 5.74) is 8.37. The zero-order chi connectivity index (χ0) is 37.1. The number of aromatic nitrogens is 1. The molecule has 9 rings (SSSR count). The molecule has 1 aromatic heterocycles. The number of hydrogen-bond donors (Lipinski definition) is 0. The normalized spacial score (nSPS) is 15.8. The minimum Gasteiger partial charge on any atom is -0.435 e. The van der Waals surface area contributed by atoms with Crippen LogP contribution in [0.4, 0.5) is 17.1 Å². The molecule has 0 saturated carbocycles. The van der Waals surface area contributed by atoms with Crippen LogP contribution in [0.3, 0.4) is 0 Å². The lowest BCUT2D eigenvalue weighted by Gasteiger charge is -2.28. The van der Waals surface area contributed by atoms with Gasteiger partial charge in [-0.15, -0.1) is 0 Å². The summed E-state index contributed by atoms with van der Waals surface area (Å²) in [6, 6.07) is 29.3. The number of hydrogen-bond acceptors (Lipinski definition) is 3. The molecule has 3 heteroatoms. The van der Waals surface area contributed by atoms with Crippen LogP contribution in [0.5, 0.6) is 0 Å². The maximum absolute atomic E-state index is 8.79. The Labute approximate surface area is 273 Å². The predicted octanol–water partition coefficient (Wildman–Crippen LogP) is 11.6. The molecule has 1 heterocycles. The van der Waals surface area contributed by atoms with E-state index in [1.807, 2.05) is 42.5 Å². The van der Waals surface area contributed by atoms with Crippen LogP contribution in [-0.2, 0) is 5.41 Å². The number of oxazole rings is 1. The summed E-state index contributed by atoms with van der Waals surface area (Å²) in [4.78, 5) is 6.93. The third kappa shape index (κ3) is 3.87. The van der Waals surface area contributed by atoms with Crippen molar-refractivity contribution in [1.29, 1.82) is 0 Å². The summed E-state index contributed by atoms with van der Waals surface area (Å²) in [7, 11) is 0. The first-order valence-corrected chi connectivity index (χ1v) is 14.8. The third-order valence-corrected chi connectivity index (χ3v) is 8.93. The van der Waals surface area contributed by atoms with Gasteiger partial charge in [-0.2, -0.15) is 0 Å². The molecule has 0 N–H and O–H groups in total. The summed E-state index contributed by atoms with van der Waals surface area (Å²) in [6.45, 7) is 4.51. The second-order valence-corrected chi connectivity index (χ2v) is 11.8. The summed E-state index contributed by atoms with van der Waals surface area (Å²) in [6.07, 6.45) is 0. The monoisotopic (exact) mass is 586 g/mol. The van der Waals surface area contributed by atoms with Crippen LogP contribution >= 0.6 is 0 Å². The molecule has 1 aliphatic rings. The predicted molar refractivity (Wildman–Crippen MR) is 187 cm³/mol. The Bertz CT molecular complexity index is 2750. The quantitative estimate of drug-likeness (QED) is 0.192. The van der Waals surface area contributed by atoms with Gasteiger partial charge in [0.1, 0.15) is 5.52 Å². The second kappa shape index (κ2) is 9.67. The molecule has 0 atom stereocenters. The first kappa shape index (κ1) is 18.9. The number of rotatable bonds is 4. The fourth-order valence-electron chi connectivity index (χ4n) is 6.74. The van der Waals surface area contributed by atoms with Crippen LogP contribution in [-0.4, -0.2) is 4.98 Å². The second-order valence-electron chi connectivity index (χ2n) is 11.8. The van der Waals surface area contributed by atoms with Crippen molar-refractivity contribution in [2.75, 3.05) is 4.90 Å². The number of fused-ring (bicyclic) bond motifs is 9. The summed E-state index contributed by atoms with van der Waals surface area (Å²) < 4.78 is 74.8. The van der Waals surface area contributed by atoms with Gasteiger partial charge in [0.05, 0.1) is 11.0 Å². The van der Waals surface area contributed by atoms with Crippen molar-refractivity contribution in [2.24, 2.45) is 0 Å². The number of anilines is 3. The minimum atomic E-state index is -0.509. The summed E-state index contributed by atoms with van der Waals surface area (Å²) >= 11 is 0. The van der Waals surface area contributed by atoms with E-state index in [2.05, 4.69) is 73.3 Å². The van der Waals surface area contributed by atoms with E-state index in [1.54, 1.807) is 0 Å². The van der Waals surface area contributed by atoms with Crippen molar-refractivity contribution >= 4 is 49.7 Å². The first-order chi connectivity index (χ1) is 25.4. The van der Waals surface area contributed by atoms with Gasteiger partial charge >= 0.3 is 0 Å². The number of benzene rings is 7. The Morgan fingerprint density at radius 3 is 1.98 bits per heavy atom. The standard InChI is InChI=1S/C42H30N2O/c1-42(2)37-19-11-10-16-33(37)34-25-24-30(26-38(34)42)44(28-12-4-3-5-13-28)29-22-20-27(21-23-29)41-43-39-35-17-8-6-14-31(35)32-15-7-9-18-36(32)40(39)45-41/h3-26H,1-2H3/i6D,7D,8D,9D,14D,15D,17D,18D. The van der Waals surface area contributed by atoms with Gasteiger partial charge in [0.15, 0.2) is 5.58 Å². The van der Waals surface area contributed by atoms with E-state index in [9.17, 15) is 0 Å². The first-order valence-electron chi connectivity index (χ1n) is 18.8. The van der Waals surface area contributed by atoms with Gasteiger partial charge in [0.2, 0.25) is 5.89 Å². The van der Waals surface area contributed by atoms with Crippen LogP contribution in [0.25, 0.3) is 55.2 Å². The van der Waals surface area contributed by atoms with Crippen LogP contribution in [0.15, 0.2) is 150 Å². The van der Waals surface area contributed by atoms with Crippen molar-refractivity contribution in [3.8, 4) is 22.6 Å². The lowest BCUT2D eigenvalue weighted by Crippen LogP contribution is -2.16. The number of para-hydroxylation sites is 1. The van der Waals surface area contributed by atoms with Gasteiger partial charge in [0.25, 0.3) is 0 Å². The van der Waals surface area contributed by atoms with Crippen molar-refractivity contribution < 1.29 is 15.4 Å². The van der Waals surface area contributed by atoms with Crippen LogP contribution < -0.4 is 4.90 Å². The third-order valence-electron chi connectivity index (χ3n) is 8.93. The Hall–Kier alpha value is -5.67. The van der Waals surface area contributed by atoms with E-state index >= 15 is 0 Å². The lowest BCUT2D eigenvalue weighted by molar-refractivity contribution is 0.623. The van der Waals surface area contributed by atoms with E-state index < -0.39 is 36.3 Å². The van der Waals surface area contributed by atoms with Crippen molar-refractivity contribution in [3.63, 3.8) is 0 Å². The van der Waals surface area contributed by atoms with Crippen molar-refractivity contribution in [2.45, 2.75) is 19.3 Å². The molecule has 0 aliphatic heterocycles. The topological polar surface area (TPSA) is 29.3 Å². The molecule has 7 aromatic carbocycles. The minimum absolute atomic E-state index is 0.0100. The molecule has 0 radical (unpaired) electrons. The highest BCUT2D eigenvalue weighted by Gasteiger charge is 2.35. The molecule has 8 aromatic rings. The largest absolute Gasteiger partial charge is 0.435 e. The molecule has 0 amide bonds. The Balaban J connectivity index is 1.22. The lowest BCUT2D eigenvalue weighted by atomic mass is 9.82. The van der Waals surface area contributed by atoms with Crippen LogP contribution in [0.2, 0.25) is 0 Å². The molecule has 0 spiro atoms. The van der Waals surface area contributed by atoms with Crippen LogP contribution in [0, 0.1) is 0 Å². The molecule has 0 bridgehead atoms. The van der Waals surface area contributed by atoms with Crippen molar-refractivity contribution in [3.05, 3.63) is 157 Å². The van der Waals surface area contributed by atoms with Gasteiger partial charge in [-0.05, 0) is 81.6 Å². The van der Waals surface area contributed by atoms with Crippen LogP contribution in [0.1, 0.15) is 35.9 Å². The highest BCUT2D eigenvalue weighted by Crippen LogP contribution is 2.50. The summed E-state index contributed by atoms with van der Waals surface area (Å²) in [5.74, 6) is 0.142. The van der Waals surface area contributed by atoms with E-state index in [0.717, 1.165) is 17.1 Å². The summed E-state index contributed by atoms with van der Waals surface area (Å²) in [5, 5.41) is -0.0228. The molecule has 3 nitrogen and oxygen atoms in total. The molecule has 0 fully saturated rings. The number of nitrogens with zero attached hydrogens (tertiary/aromatic N) is 2. The smallest absolute Gasteiger partial charge is 0.227 e. The van der Waals surface area contributed by atoms with Gasteiger partial charge < -0.3 is 9.32 Å². The maximum atomic E-state index is 8.79. The molecule has 0 unspecified atom stereocenters. The zero-order valence-corrected chi connectivity index (χ0v) is 24.5. The zero-order valence-electron chi connectivity index (χ0n) is 32.5. The van der Waals surface area contributed by atoms with Gasteiger partial charge in [-0.3, -0.25) is 0 Å². The SMILES string of the molecule is [2H]c1c([2H])c([2H])c2c(c1[2H])c1nc(-c3ccc(N(c4ccccc4)c4ccc5c(c4)C(C)(C)c4ccccc4-5)cc3)oc1c1c([2H])c([2H])c([2H])c([2H])c12. The highest BCUT2D eigenvalue weighted by molar-refractivity contribution is 6.22. The van der Waals surface area contributed by atoms with E-state index in [1.165, 1.54) is 22.3 Å². The molecule has 214 valence electrons. The Morgan fingerprint density at radius 1 is 0.600 bits per heavy atom. The Kier molecular flexibility index (Phi) is 4.06. The molecular weight excluding hydrogens is 548 g/mol. The Morgan fingerprint density at radius 2 is 1.20 bits per heavy atom. The van der Waals surface area contributed by atoms with Gasteiger partial charge in [0, 0.05) is 38.8 Å². The fourth-order valence-corrected chi connectivity index (χ4v) is 6.74. The van der Waals surface area contributed by atoms with E-state index in [-0.39, 0.29) is 56.0 Å². The molecule has 0 saturated heterocycles. The average molecular weight is 587 g/mol. The van der Waals surface area contributed by atoms with Gasteiger partial charge in [-0.25, -0.2) is 4.98 Å². The highest BCUT2D eigenvalue weighted by atomic mass is 16.3. The van der Waals surface area contributed by atoms with Gasteiger partial charge in [-0.1, -0.05) is 111 Å². The fraction of sp³-hybridized carbons (Fsp3) is 0.0714. The average Bonchev–Trinajstić information content (AvgIpc) is 3.71. The molecular formula is C42H30N2O. The van der Waals surface area contributed by atoms with Crippen molar-refractivity contribution in [1.82, 2.24) is 4.98 Å². The van der Waals surface area contributed by atoms with E-state index in [0.29, 0.717) is 5.56 Å².